The van der Waals surface area contributed by atoms with Crippen LogP contribution in [0, 0.1) is 0 Å². The summed E-state index contributed by atoms with van der Waals surface area (Å²) in [4.78, 5) is 10.8. The van der Waals surface area contributed by atoms with E-state index in [1.54, 1.807) is 30.3 Å². The Morgan fingerprint density at radius 1 is 1.44 bits per heavy atom. The lowest BCUT2D eigenvalue weighted by Gasteiger charge is -2.16. The van der Waals surface area contributed by atoms with Gasteiger partial charge in [-0.3, -0.25) is 4.79 Å². The fourth-order valence-corrected chi connectivity index (χ4v) is 2.43. The number of hydrogen-bond donors (Lipinski definition) is 0. The molecule has 0 bridgehead atoms. The molecule has 0 fully saturated rings. The van der Waals surface area contributed by atoms with Crippen molar-refractivity contribution in [1.29, 1.82) is 0 Å². The van der Waals surface area contributed by atoms with Gasteiger partial charge in [0.25, 0.3) is 0 Å². The van der Waals surface area contributed by atoms with Gasteiger partial charge in [-0.2, -0.15) is 0 Å². The van der Waals surface area contributed by atoms with Gasteiger partial charge in [0.1, 0.15) is 5.75 Å². The van der Waals surface area contributed by atoms with Crippen LogP contribution in [0.2, 0.25) is 0 Å². The highest BCUT2D eigenvalue weighted by molar-refractivity contribution is 7.55. The molecule has 1 aromatic rings. The first kappa shape index (κ1) is 12.5. The molecule has 0 saturated carbocycles. The standard InChI is InChI=1S/C11H13O4P/c1-3-9-16(13,14-10(2)12)15-11-7-5-4-6-8-11/h3-8H,1,9H2,2H3. The molecule has 0 heterocycles. The van der Waals surface area contributed by atoms with Crippen molar-refractivity contribution in [3.63, 3.8) is 0 Å². The zero-order valence-electron chi connectivity index (χ0n) is 8.96. The van der Waals surface area contributed by atoms with Crippen molar-refractivity contribution in [2.75, 3.05) is 6.16 Å². The molecule has 0 aliphatic rings. The number of carbonyl (C=O) groups excluding carboxylic acids is 1. The smallest absolute Gasteiger partial charge is 0.416 e. The molecule has 86 valence electrons. The average Bonchev–Trinajstić information content (AvgIpc) is 2.17. The quantitative estimate of drug-likeness (QED) is 0.586. The molecule has 0 aliphatic carbocycles. The Kier molecular flexibility index (Phi) is 4.32. The summed E-state index contributed by atoms with van der Waals surface area (Å²) in [7, 11) is -3.46. The summed E-state index contributed by atoms with van der Waals surface area (Å²) < 4.78 is 22.0. The van der Waals surface area contributed by atoms with Gasteiger partial charge in [-0.1, -0.05) is 24.3 Å². The van der Waals surface area contributed by atoms with Gasteiger partial charge >= 0.3 is 13.6 Å². The van der Waals surface area contributed by atoms with Crippen molar-refractivity contribution in [2.24, 2.45) is 0 Å². The van der Waals surface area contributed by atoms with E-state index in [2.05, 4.69) is 6.58 Å². The van der Waals surface area contributed by atoms with Crippen LogP contribution in [0.1, 0.15) is 6.92 Å². The fourth-order valence-electron chi connectivity index (χ4n) is 1.09. The van der Waals surface area contributed by atoms with Crippen LogP contribution in [-0.2, 0) is 13.9 Å². The second-order valence-electron chi connectivity index (χ2n) is 3.07. The summed E-state index contributed by atoms with van der Waals surface area (Å²) in [5.41, 5.74) is 0. The lowest BCUT2D eigenvalue weighted by atomic mass is 10.3. The maximum absolute atomic E-state index is 12.1. The van der Waals surface area contributed by atoms with E-state index in [1.165, 1.54) is 13.0 Å². The predicted molar refractivity (Wildman–Crippen MR) is 61.5 cm³/mol. The molecule has 0 radical (unpaired) electrons. The minimum atomic E-state index is -3.46. The van der Waals surface area contributed by atoms with Gasteiger partial charge in [-0.15, -0.1) is 6.58 Å². The summed E-state index contributed by atoms with van der Waals surface area (Å²) in [6.45, 7) is 4.64. The number of benzene rings is 1. The zero-order chi connectivity index (χ0) is 12.0. The molecule has 0 amide bonds. The highest BCUT2D eigenvalue weighted by atomic mass is 31.2. The van der Waals surface area contributed by atoms with E-state index in [1.807, 2.05) is 0 Å². The molecule has 16 heavy (non-hydrogen) atoms. The number of rotatable bonds is 5. The minimum Gasteiger partial charge on any atom is -0.416 e. The fraction of sp³-hybridized carbons (Fsp3) is 0.182. The monoisotopic (exact) mass is 240 g/mol. The van der Waals surface area contributed by atoms with Gasteiger partial charge in [0.05, 0.1) is 6.16 Å². The second-order valence-corrected chi connectivity index (χ2v) is 5.02. The maximum atomic E-state index is 12.1. The summed E-state index contributed by atoms with van der Waals surface area (Å²) in [5, 5.41) is 0. The number of para-hydroxylation sites is 1. The molecule has 0 saturated heterocycles. The third kappa shape index (κ3) is 3.91. The van der Waals surface area contributed by atoms with E-state index in [4.69, 9.17) is 9.05 Å². The minimum absolute atomic E-state index is 0.0124. The third-order valence-electron chi connectivity index (χ3n) is 1.61. The predicted octanol–water partition coefficient (Wildman–Crippen LogP) is 3.01. The topological polar surface area (TPSA) is 52.6 Å². The first-order chi connectivity index (χ1) is 7.56. The first-order valence-electron chi connectivity index (χ1n) is 4.70. The average molecular weight is 240 g/mol. The third-order valence-corrected chi connectivity index (χ3v) is 3.34. The Bertz CT molecular complexity index is 413. The molecule has 5 heteroatoms. The molecule has 0 N–H and O–H groups in total. The van der Waals surface area contributed by atoms with Gasteiger partial charge in [0.2, 0.25) is 0 Å². The van der Waals surface area contributed by atoms with Crippen molar-refractivity contribution < 1.29 is 18.4 Å². The van der Waals surface area contributed by atoms with Gasteiger partial charge in [-0.05, 0) is 12.1 Å². The van der Waals surface area contributed by atoms with Crippen LogP contribution >= 0.6 is 7.60 Å². The molecule has 0 spiro atoms. The van der Waals surface area contributed by atoms with Crippen LogP contribution in [0.25, 0.3) is 0 Å². The van der Waals surface area contributed by atoms with Crippen molar-refractivity contribution in [1.82, 2.24) is 0 Å². The van der Waals surface area contributed by atoms with Crippen molar-refractivity contribution in [2.45, 2.75) is 6.92 Å². The maximum Gasteiger partial charge on any atom is 0.436 e. The van der Waals surface area contributed by atoms with Gasteiger partial charge in [-0.25, -0.2) is 4.57 Å². The second kappa shape index (κ2) is 5.52. The first-order valence-corrected chi connectivity index (χ1v) is 6.43. The summed E-state index contributed by atoms with van der Waals surface area (Å²) in [5.74, 6) is -0.241. The van der Waals surface area contributed by atoms with Crippen LogP contribution in [-0.4, -0.2) is 12.1 Å². The highest BCUT2D eigenvalue weighted by Crippen LogP contribution is 2.48. The van der Waals surface area contributed by atoms with E-state index in [-0.39, 0.29) is 6.16 Å². The summed E-state index contributed by atoms with van der Waals surface area (Å²) in [6, 6.07) is 8.55. The van der Waals surface area contributed by atoms with Crippen LogP contribution in [0.4, 0.5) is 0 Å². The Balaban J connectivity index is 2.83. The molecule has 0 aromatic heterocycles. The van der Waals surface area contributed by atoms with Gasteiger partial charge < -0.3 is 9.05 Å². The van der Waals surface area contributed by atoms with E-state index >= 15 is 0 Å². The van der Waals surface area contributed by atoms with Crippen LogP contribution in [0.15, 0.2) is 43.0 Å². The van der Waals surface area contributed by atoms with Crippen molar-refractivity contribution in [3.05, 3.63) is 43.0 Å². The van der Waals surface area contributed by atoms with Gasteiger partial charge in [0.15, 0.2) is 0 Å². The largest absolute Gasteiger partial charge is 0.436 e. The number of hydrogen-bond acceptors (Lipinski definition) is 4. The molecule has 0 aliphatic heterocycles. The van der Waals surface area contributed by atoms with Gasteiger partial charge in [0, 0.05) is 6.92 Å². The molecular weight excluding hydrogens is 227 g/mol. The lowest BCUT2D eigenvalue weighted by Crippen LogP contribution is -2.04. The normalized spacial score (nSPS) is 13.6. The molecule has 1 rings (SSSR count). The molecule has 1 aromatic carbocycles. The Hall–Kier alpha value is -1.54. The summed E-state index contributed by atoms with van der Waals surface area (Å²) in [6.07, 6.45) is 1.38. The van der Waals surface area contributed by atoms with Crippen LogP contribution in [0.5, 0.6) is 5.75 Å². The van der Waals surface area contributed by atoms with E-state index in [0.717, 1.165) is 0 Å². The van der Waals surface area contributed by atoms with Crippen LogP contribution < -0.4 is 4.52 Å². The molecular formula is C11H13O4P. The van der Waals surface area contributed by atoms with E-state index < -0.39 is 13.6 Å². The summed E-state index contributed by atoms with van der Waals surface area (Å²) >= 11 is 0. The number of allylic oxidation sites excluding steroid dienone is 1. The van der Waals surface area contributed by atoms with Crippen molar-refractivity contribution >= 4 is 13.6 Å². The Morgan fingerprint density at radius 3 is 2.56 bits per heavy atom. The SMILES string of the molecule is C=CCP(=O)(OC(C)=O)Oc1ccccc1. The highest BCUT2D eigenvalue weighted by Gasteiger charge is 2.27. The Morgan fingerprint density at radius 2 is 2.06 bits per heavy atom. The number of carbonyl (C=O) groups is 1. The van der Waals surface area contributed by atoms with Crippen LogP contribution in [0.3, 0.4) is 0 Å². The van der Waals surface area contributed by atoms with E-state index in [9.17, 15) is 9.36 Å². The molecule has 1 atom stereocenters. The van der Waals surface area contributed by atoms with Crippen molar-refractivity contribution in [3.8, 4) is 5.75 Å². The Labute approximate surface area is 94.4 Å². The molecule has 1 unspecified atom stereocenters. The molecule has 4 nitrogen and oxygen atoms in total. The lowest BCUT2D eigenvalue weighted by molar-refractivity contribution is -0.132. The van der Waals surface area contributed by atoms with E-state index in [0.29, 0.717) is 5.75 Å². The zero-order valence-corrected chi connectivity index (χ0v) is 9.85.